The number of carbonyl (C=O) groups is 3. The number of hydrogen-bond acceptors (Lipinski definition) is 6. The summed E-state index contributed by atoms with van der Waals surface area (Å²) in [6.07, 6.45) is -3.41. The SMILES string of the molecule is COc1cc(/C=N\NC(=O)C(=O)NCc2ccc(C)cc2)ccc1OCC(=O)Nc1ccc(Br)cc1C(F)(F)F. The van der Waals surface area contributed by atoms with Gasteiger partial charge in [-0.05, 0) is 54.4 Å². The molecule has 210 valence electrons. The second-order valence-electron chi connectivity index (χ2n) is 8.30. The molecule has 3 rings (SSSR count). The summed E-state index contributed by atoms with van der Waals surface area (Å²) in [5.74, 6) is -2.30. The Morgan fingerprint density at radius 1 is 0.975 bits per heavy atom. The van der Waals surface area contributed by atoms with Crippen molar-refractivity contribution in [2.45, 2.75) is 19.6 Å². The Bertz CT molecular complexity index is 1410. The van der Waals surface area contributed by atoms with Crippen LogP contribution in [-0.2, 0) is 27.1 Å². The molecule has 9 nitrogen and oxygen atoms in total. The van der Waals surface area contributed by atoms with E-state index in [1.807, 2.05) is 31.2 Å². The number of methoxy groups -OCH3 is 1. The first-order valence-corrected chi connectivity index (χ1v) is 12.4. The first-order chi connectivity index (χ1) is 19.0. The van der Waals surface area contributed by atoms with Gasteiger partial charge in [0.15, 0.2) is 18.1 Å². The van der Waals surface area contributed by atoms with Crippen LogP contribution in [0.5, 0.6) is 11.5 Å². The number of alkyl halides is 3. The zero-order valence-electron chi connectivity index (χ0n) is 21.3. The van der Waals surface area contributed by atoms with Gasteiger partial charge in [0.2, 0.25) is 0 Å². The van der Waals surface area contributed by atoms with Crippen LogP contribution in [0.2, 0.25) is 0 Å². The Balaban J connectivity index is 1.53. The molecule has 0 atom stereocenters. The van der Waals surface area contributed by atoms with Gasteiger partial charge < -0.3 is 20.1 Å². The van der Waals surface area contributed by atoms with Crippen LogP contribution in [0.1, 0.15) is 22.3 Å². The molecule has 0 aliphatic heterocycles. The number of rotatable bonds is 9. The summed E-state index contributed by atoms with van der Waals surface area (Å²) in [5, 5.41) is 8.43. The molecule has 0 aliphatic carbocycles. The monoisotopic (exact) mass is 620 g/mol. The molecule has 0 saturated heterocycles. The molecule has 0 fully saturated rings. The van der Waals surface area contributed by atoms with Gasteiger partial charge in [-0.3, -0.25) is 14.4 Å². The molecule has 0 unspecified atom stereocenters. The van der Waals surface area contributed by atoms with Crippen molar-refractivity contribution in [3.05, 3.63) is 87.4 Å². The number of hydrogen-bond donors (Lipinski definition) is 3. The van der Waals surface area contributed by atoms with Gasteiger partial charge in [-0.1, -0.05) is 45.8 Å². The van der Waals surface area contributed by atoms with Crippen LogP contribution in [0.4, 0.5) is 18.9 Å². The molecular formula is C27H24BrF3N4O5. The van der Waals surface area contributed by atoms with Crippen LogP contribution < -0.4 is 25.5 Å². The minimum absolute atomic E-state index is 0.140. The van der Waals surface area contributed by atoms with E-state index in [1.165, 1.54) is 37.6 Å². The zero-order valence-corrected chi connectivity index (χ0v) is 22.9. The van der Waals surface area contributed by atoms with Crippen molar-refractivity contribution in [2.24, 2.45) is 5.10 Å². The van der Waals surface area contributed by atoms with Crippen LogP contribution in [0.3, 0.4) is 0 Å². The number of anilines is 1. The number of ether oxygens (including phenoxy) is 2. The van der Waals surface area contributed by atoms with E-state index < -0.39 is 41.8 Å². The quantitative estimate of drug-likeness (QED) is 0.184. The van der Waals surface area contributed by atoms with Crippen molar-refractivity contribution in [1.29, 1.82) is 0 Å². The average molecular weight is 621 g/mol. The van der Waals surface area contributed by atoms with Crippen LogP contribution in [-0.4, -0.2) is 37.7 Å². The molecule has 3 aromatic rings. The maximum atomic E-state index is 13.3. The third-order valence-corrected chi connectivity index (χ3v) is 5.76. The first kappa shape index (κ1) is 30.2. The molecule has 0 aliphatic rings. The maximum absolute atomic E-state index is 13.3. The van der Waals surface area contributed by atoms with Crippen molar-refractivity contribution in [3.8, 4) is 11.5 Å². The Labute approximate surface area is 235 Å². The third-order valence-electron chi connectivity index (χ3n) is 5.27. The van der Waals surface area contributed by atoms with E-state index in [4.69, 9.17) is 9.47 Å². The van der Waals surface area contributed by atoms with Crippen molar-refractivity contribution >= 4 is 45.6 Å². The van der Waals surface area contributed by atoms with Gasteiger partial charge >= 0.3 is 18.0 Å². The molecule has 3 amide bonds. The molecular weight excluding hydrogens is 597 g/mol. The fourth-order valence-corrected chi connectivity index (χ4v) is 3.62. The maximum Gasteiger partial charge on any atom is 0.418 e. The number of benzene rings is 3. The second kappa shape index (κ2) is 13.6. The molecule has 0 aromatic heterocycles. The summed E-state index contributed by atoms with van der Waals surface area (Å²) in [5.41, 5.74) is 3.07. The normalized spacial score (nSPS) is 11.2. The lowest BCUT2D eigenvalue weighted by atomic mass is 10.1. The predicted octanol–water partition coefficient (Wildman–Crippen LogP) is 4.57. The molecule has 0 heterocycles. The lowest BCUT2D eigenvalue weighted by Crippen LogP contribution is -2.37. The van der Waals surface area contributed by atoms with Gasteiger partial charge in [0.05, 0.1) is 24.6 Å². The molecule has 0 spiro atoms. The summed E-state index contributed by atoms with van der Waals surface area (Å²) in [7, 11) is 1.35. The van der Waals surface area contributed by atoms with Crippen molar-refractivity contribution in [2.75, 3.05) is 19.0 Å². The van der Waals surface area contributed by atoms with E-state index >= 15 is 0 Å². The summed E-state index contributed by atoms with van der Waals surface area (Å²) in [6.45, 7) is 1.53. The Hall–Kier alpha value is -4.39. The van der Waals surface area contributed by atoms with Crippen LogP contribution in [0.15, 0.2) is 70.2 Å². The van der Waals surface area contributed by atoms with Gasteiger partial charge in [-0.2, -0.15) is 18.3 Å². The number of hydrazone groups is 1. The van der Waals surface area contributed by atoms with Crippen LogP contribution in [0, 0.1) is 6.92 Å². The highest BCUT2D eigenvalue weighted by molar-refractivity contribution is 9.10. The fourth-order valence-electron chi connectivity index (χ4n) is 3.26. The lowest BCUT2D eigenvalue weighted by molar-refractivity contribution is -0.139. The summed E-state index contributed by atoms with van der Waals surface area (Å²) in [4.78, 5) is 36.2. The molecule has 13 heteroatoms. The number of nitrogens with zero attached hydrogens (tertiary/aromatic N) is 1. The van der Waals surface area contributed by atoms with E-state index in [0.29, 0.717) is 5.56 Å². The topological polar surface area (TPSA) is 118 Å². The van der Waals surface area contributed by atoms with Crippen LogP contribution >= 0.6 is 15.9 Å². The number of aryl methyl sites for hydroxylation is 1. The predicted molar refractivity (Wildman–Crippen MR) is 145 cm³/mol. The second-order valence-corrected chi connectivity index (χ2v) is 9.22. The summed E-state index contributed by atoms with van der Waals surface area (Å²) < 4.78 is 50.7. The molecule has 3 aromatic carbocycles. The van der Waals surface area contributed by atoms with Crippen molar-refractivity contribution < 1.29 is 37.0 Å². The summed E-state index contributed by atoms with van der Waals surface area (Å²) >= 11 is 2.98. The van der Waals surface area contributed by atoms with E-state index in [1.54, 1.807) is 0 Å². The van der Waals surface area contributed by atoms with E-state index in [0.717, 1.165) is 23.3 Å². The zero-order chi connectivity index (χ0) is 29.3. The number of amides is 3. The molecule has 0 bridgehead atoms. The van der Waals surface area contributed by atoms with Crippen molar-refractivity contribution in [1.82, 2.24) is 10.7 Å². The highest BCUT2D eigenvalue weighted by Crippen LogP contribution is 2.36. The molecule has 0 radical (unpaired) electrons. The Kier molecular flexibility index (Phi) is 10.3. The summed E-state index contributed by atoms with van der Waals surface area (Å²) in [6, 6.07) is 15.3. The van der Waals surface area contributed by atoms with E-state index in [2.05, 4.69) is 37.1 Å². The molecule has 3 N–H and O–H groups in total. The van der Waals surface area contributed by atoms with Gasteiger partial charge in [-0.25, -0.2) is 5.43 Å². The smallest absolute Gasteiger partial charge is 0.418 e. The minimum Gasteiger partial charge on any atom is -0.493 e. The van der Waals surface area contributed by atoms with E-state index in [-0.39, 0.29) is 22.5 Å². The number of carbonyl (C=O) groups excluding carboxylic acids is 3. The minimum atomic E-state index is -4.67. The lowest BCUT2D eigenvalue weighted by Gasteiger charge is -2.15. The Morgan fingerprint density at radius 3 is 2.38 bits per heavy atom. The third kappa shape index (κ3) is 8.83. The largest absolute Gasteiger partial charge is 0.493 e. The number of halogens is 4. The first-order valence-electron chi connectivity index (χ1n) is 11.6. The van der Waals surface area contributed by atoms with Gasteiger partial charge in [0, 0.05) is 11.0 Å². The average Bonchev–Trinajstić information content (AvgIpc) is 2.92. The van der Waals surface area contributed by atoms with Crippen molar-refractivity contribution in [3.63, 3.8) is 0 Å². The molecule has 40 heavy (non-hydrogen) atoms. The highest BCUT2D eigenvalue weighted by atomic mass is 79.9. The van der Waals surface area contributed by atoms with Crippen LogP contribution in [0.25, 0.3) is 0 Å². The fraction of sp³-hybridized carbons (Fsp3) is 0.185. The van der Waals surface area contributed by atoms with E-state index in [9.17, 15) is 27.6 Å². The number of nitrogens with one attached hydrogen (secondary N) is 3. The van der Waals surface area contributed by atoms with Gasteiger partial charge in [-0.15, -0.1) is 0 Å². The van der Waals surface area contributed by atoms with Gasteiger partial charge in [0.25, 0.3) is 5.91 Å². The standard InChI is InChI=1S/C27H24BrF3N4O5/c1-16-3-5-17(6-4-16)13-32-25(37)26(38)35-33-14-18-7-10-22(23(11-18)39-2)40-15-24(36)34-21-9-8-19(28)12-20(21)27(29,30)31/h3-12,14H,13,15H2,1-2H3,(H,32,37)(H,34,36)(H,35,38)/b33-14-. The highest BCUT2D eigenvalue weighted by Gasteiger charge is 2.34. The molecule has 0 saturated carbocycles. The Morgan fingerprint density at radius 2 is 1.70 bits per heavy atom. The van der Waals surface area contributed by atoms with Gasteiger partial charge in [0.1, 0.15) is 0 Å².